The summed E-state index contributed by atoms with van der Waals surface area (Å²) in [6.07, 6.45) is 2.16. The largest absolute Gasteiger partial charge is 0.394 e. The highest BCUT2D eigenvalue weighted by Gasteiger charge is 2.17. The van der Waals surface area contributed by atoms with Crippen LogP contribution in [0.15, 0.2) is 0 Å². The predicted octanol–water partition coefficient (Wildman–Crippen LogP) is 2.59. The molecule has 1 aliphatic rings. The number of aliphatic hydroxyl groups is 1. The molecule has 0 bridgehead atoms. The van der Waals surface area contributed by atoms with Gasteiger partial charge in [0.05, 0.1) is 89.0 Å². The molecule has 0 saturated carbocycles. The van der Waals surface area contributed by atoms with Crippen LogP contribution in [0, 0.1) is 0 Å². The van der Waals surface area contributed by atoms with Crippen LogP contribution in [-0.4, -0.2) is 101 Å². The summed E-state index contributed by atoms with van der Waals surface area (Å²) >= 11 is 0. The highest BCUT2D eigenvalue weighted by Crippen LogP contribution is 2.13. The van der Waals surface area contributed by atoms with Gasteiger partial charge in [0.1, 0.15) is 0 Å². The Morgan fingerprint density at radius 3 is 1.39 bits per heavy atom. The first kappa shape index (κ1) is 28.7. The lowest BCUT2D eigenvalue weighted by atomic mass is 10.2. The van der Waals surface area contributed by atoms with Gasteiger partial charge in [-0.25, -0.2) is 0 Å². The molecule has 1 rings (SSSR count). The van der Waals surface area contributed by atoms with E-state index in [1.807, 2.05) is 41.5 Å². The topological polar surface area (TPSA) is 84.8 Å². The van der Waals surface area contributed by atoms with Crippen molar-refractivity contribution in [2.24, 2.45) is 0 Å². The first-order valence-electron chi connectivity index (χ1n) is 11.7. The zero-order chi connectivity index (χ0) is 23.1. The summed E-state index contributed by atoms with van der Waals surface area (Å²) in [4.78, 5) is 0. The third kappa shape index (κ3) is 15.2. The van der Waals surface area contributed by atoms with Gasteiger partial charge >= 0.3 is 0 Å². The molecule has 1 fully saturated rings. The maximum Gasteiger partial charge on any atom is 0.0809 e. The van der Waals surface area contributed by atoms with Crippen LogP contribution in [0.4, 0.5) is 0 Å². The van der Waals surface area contributed by atoms with Gasteiger partial charge < -0.3 is 38.3 Å². The van der Waals surface area contributed by atoms with Crippen molar-refractivity contribution in [1.82, 2.24) is 0 Å². The second-order valence-corrected chi connectivity index (χ2v) is 8.68. The minimum atomic E-state index is -0.175. The van der Waals surface area contributed by atoms with Gasteiger partial charge in [0.15, 0.2) is 0 Å². The first-order valence-corrected chi connectivity index (χ1v) is 11.7. The zero-order valence-corrected chi connectivity index (χ0v) is 20.4. The smallest absolute Gasteiger partial charge is 0.0809 e. The minimum Gasteiger partial charge on any atom is -0.394 e. The van der Waals surface area contributed by atoms with Gasteiger partial charge in [-0.05, 0) is 54.4 Å². The number of hydrogen-bond donors (Lipinski definition) is 1. The summed E-state index contributed by atoms with van der Waals surface area (Å²) in [5, 5.41) is 8.96. The van der Waals surface area contributed by atoms with Crippen molar-refractivity contribution in [3.63, 3.8) is 0 Å². The van der Waals surface area contributed by atoms with E-state index in [0.29, 0.717) is 39.6 Å². The Kier molecular flexibility index (Phi) is 15.9. The highest BCUT2D eigenvalue weighted by molar-refractivity contribution is 4.65. The maximum absolute atomic E-state index is 8.96. The molecule has 1 aliphatic heterocycles. The lowest BCUT2D eigenvalue weighted by Gasteiger charge is -2.22. The van der Waals surface area contributed by atoms with E-state index >= 15 is 0 Å². The van der Waals surface area contributed by atoms with Gasteiger partial charge in [0.2, 0.25) is 0 Å². The molecule has 7 atom stereocenters. The van der Waals surface area contributed by atoms with Crippen molar-refractivity contribution < 1.29 is 38.3 Å². The van der Waals surface area contributed by atoms with Crippen LogP contribution in [0.25, 0.3) is 0 Å². The van der Waals surface area contributed by atoms with Crippen molar-refractivity contribution in [2.45, 2.75) is 97.1 Å². The molecule has 1 N–H and O–H groups in total. The molecule has 0 aromatic heterocycles. The Morgan fingerprint density at radius 1 is 0.645 bits per heavy atom. The van der Waals surface area contributed by atoms with Crippen LogP contribution in [-0.2, 0) is 33.2 Å². The van der Waals surface area contributed by atoms with Crippen LogP contribution in [0.3, 0.4) is 0 Å². The van der Waals surface area contributed by atoms with Crippen molar-refractivity contribution in [3.8, 4) is 0 Å². The van der Waals surface area contributed by atoms with E-state index < -0.39 is 0 Å². The Bertz CT molecular complexity index is 418. The van der Waals surface area contributed by atoms with E-state index in [-0.39, 0.29) is 49.3 Å². The molecule has 186 valence electrons. The summed E-state index contributed by atoms with van der Waals surface area (Å²) in [7, 11) is 0. The lowest BCUT2D eigenvalue weighted by molar-refractivity contribution is -0.105. The van der Waals surface area contributed by atoms with E-state index in [0.717, 1.165) is 19.4 Å². The second kappa shape index (κ2) is 17.2. The predicted molar refractivity (Wildman–Crippen MR) is 119 cm³/mol. The van der Waals surface area contributed by atoms with Crippen LogP contribution >= 0.6 is 0 Å². The third-order valence-corrected chi connectivity index (χ3v) is 4.92. The van der Waals surface area contributed by atoms with E-state index in [9.17, 15) is 0 Å². The molecule has 8 nitrogen and oxygen atoms in total. The Morgan fingerprint density at radius 2 is 1.03 bits per heavy atom. The van der Waals surface area contributed by atoms with Gasteiger partial charge in [0.25, 0.3) is 0 Å². The average molecular weight is 451 g/mol. The number of hydrogen-bond acceptors (Lipinski definition) is 8. The molecule has 0 aromatic carbocycles. The zero-order valence-electron chi connectivity index (χ0n) is 20.4. The van der Waals surface area contributed by atoms with E-state index in [2.05, 4.69) is 0 Å². The fraction of sp³-hybridized carbons (Fsp3) is 1.00. The second-order valence-electron chi connectivity index (χ2n) is 8.68. The minimum absolute atomic E-state index is 0.0103. The van der Waals surface area contributed by atoms with Crippen molar-refractivity contribution in [3.05, 3.63) is 0 Å². The highest BCUT2D eigenvalue weighted by atomic mass is 16.6. The molecular formula is C23H46O8. The molecule has 7 unspecified atom stereocenters. The third-order valence-electron chi connectivity index (χ3n) is 4.92. The summed E-state index contributed by atoms with van der Waals surface area (Å²) in [6, 6.07) is 0. The van der Waals surface area contributed by atoms with Crippen molar-refractivity contribution >= 4 is 0 Å². The number of rotatable bonds is 19. The van der Waals surface area contributed by atoms with Gasteiger partial charge in [-0.2, -0.15) is 0 Å². The Labute approximate surface area is 188 Å². The van der Waals surface area contributed by atoms with Crippen LogP contribution < -0.4 is 0 Å². The first-order chi connectivity index (χ1) is 14.8. The molecular weight excluding hydrogens is 404 g/mol. The monoisotopic (exact) mass is 450 g/mol. The lowest BCUT2D eigenvalue weighted by Crippen LogP contribution is -2.30. The molecule has 8 heteroatoms. The molecule has 0 amide bonds. The average Bonchev–Trinajstić information content (AvgIpc) is 3.29. The van der Waals surface area contributed by atoms with Crippen LogP contribution in [0.1, 0.15) is 54.4 Å². The van der Waals surface area contributed by atoms with E-state index in [4.69, 9.17) is 38.3 Å². The Balaban J connectivity index is 2.02. The molecule has 0 spiro atoms. The molecule has 1 saturated heterocycles. The van der Waals surface area contributed by atoms with Gasteiger partial charge in [0, 0.05) is 6.61 Å². The molecule has 0 aromatic rings. The van der Waals surface area contributed by atoms with Gasteiger partial charge in [-0.1, -0.05) is 0 Å². The summed E-state index contributed by atoms with van der Waals surface area (Å²) in [6.45, 7) is 15.7. The van der Waals surface area contributed by atoms with Gasteiger partial charge in [-0.15, -0.1) is 0 Å². The van der Waals surface area contributed by atoms with Crippen LogP contribution in [0.2, 0.25) is 0 Å². The quantitative estimate of drug-likeness (QED) is 0.321. The molecule has 0 radical (unpaired) electrons. The fourth-order valence-corrected chi connectivity index (χ4v) is 2.84. The number of ether oxygens (including phenoxy) is 7. The number of aliphatic hydroxyl groups excluding tert-OH is 1. The molecule has 1 heterocycles. The van der Waals surface area contributed by atoms with E-state index in [1.165, 1.54) is 0 Å². The molecule has 0 aliphatic carbocycles. The summed E-state index contributed by atoms with van der Waals surface area (Å²) in [5.41, 5.74) is 0. The normalized spacial score (nSPS) is 22.7. The molecule has 31 heavy (non-hydrogen) atoms. The SMILES string of the molecule is CC(CO)OCC(C)OCC(C)OCC(C)OCC(C)OCC(C)OCC1CCCO1. The maximum atomic E-state index is 8.96. The Hall–Kier alpha value is -0.320. The van der Waals surface area contributed by atoms with Gasteiger partial charge in [-0.3, -0.25) is 0 Å². The van der Waals surface area contributed by atoms with Crippen LogP contribution in [0.5, 0.6) is 0 Å². The van der Waals surface area contributed by atoms with Crippen molar-refractivity contribution in [2.75, 3.05) is 52.9 Å². The summed E-state index contributed by atoms with van der Waals surface area (Å²) < 4.78 is 40.0. The van der Waals surface area contributed by atoms with E-state index in [1.54, 1.807) is 0 Å². The fourth-order valence-electron chi connectivity index (χ4n) is 2.84. The summed E-state index contributed by atoms with van der Waals surface area (Å²) in [5.74, 6) is 0. The van der Waals surface area contributed by atoms with Crippen molar-refractivity contribution in [1.29, 1.82) is 0 Å². The standard InChI is InChI=1S/C23H46O8/c1-17(10-24)26-11-18(2)27-12-19(3)28-13-20(4)29-14-21(5)30-15-22(6)31-16-23-8-7-9-25-23/h17-24H,7-16H2,1-6H3.